The lowest BCUT2D eigenvalue weighted by atomic mass is 10.3. The summed E-state index contributed by atoms with van der Waals surface area (Å²) in [5.74, 6) is 1.70. The first-order chi connectivity index (χ1) is 8.65. The van der Waals surface area contributed by atoms with Crippen LogP contribution in [0, 0.1) is 10.7 Å². The van der Waals surface area contributed by atoms with Crippen molar-refractivity contribution in [3.05, 3.63) is 23.0 Å². The summed E-state index contributed by atoms with van der Waals surface area (Å²) in [5.41, 5.74) is 2.18. The van der Waals surface area contributed by atoms with Crippen molar-refractivity contribution >= 4 is 23.3 Å². The van der Waals surface area contributed by atoms with E-state index < -0.39 is 0 Å². The number of hydrogen-bond donors (Lipinski definition) is 1. The number of hydrogen-bond acceptors (Lipinski definition) is 2. The zero-order valence-corrected chi connectivity index (χ0v) is 11.6. The maximum Gasteiger partial charge on any atom is 0.178 e. The predicted octanol–water partition coefficient (Wildman–Crippen LogP) is 3.90. The molecule has 2 aromatic rings. The summed E-state index contributed by atoms with van der Waals surface area (Å²) in [4.78, 5) is 3.29. The van der Waals surface area contributed by atoms with Gasteiger partial charge in [0, 0.05) is 6.54 Å². The first kappa shape index (κ1) is 11.8. The summed E-state index contributed by atoms with van der Waals surface area (Å²) in [5, 5.41) is 0. The highest BCUT2D eigenvalue weighted by atomic mass is 32.1. The molecule has 0 bridgehead atoms. The molecule has 1 saturated carbocycles. The van der Waals surface area contributed by atoms with Crippen LogP contribution in [-0.4, -0.2) is 15.7 Å². The number of H-pyrrole nitrogens is 1. The van der Waals surface area contributed by atoms with Crippen molar-refractivity contribution < 1.29 is 4.74 Å². The van der Waals surface area contributed by atoms with Gasteiger partial charge in [0.15, 0.2) is 4.77 Å². The highest BCUT2D eigenvalue weighted by molar-refractivity contribution is 7.71. The van der Waals surface area contributed by atoms with Gasteiger partial charge in [-0.2, -0.15) is 0 Å². The van der Waals surface area contributed by atoms with Crippen LogP contribution in [-0.2, 0) is 6.54 Å². The van der Waals surface area contributed by atoms with E-state index in [0.717, 1.165) is 34.0 Å². The molecule has 3 nitrogen and oxygen atoms in total. The smallest absolute Gasteiger partial charge is 0.178 e. The van der Waals surface area contributed by atoms with Crippen LogP contribution >= 0.6 is 12.2 Å². The van der Waals surface area contributed by atoms with Crippen molar-refractivity contribution in [2.75, 3.05) is 0 Å². The van der Waals surface area contributed by atoms with E-state index in [0.29, 0.717) is 0 Å². The zero-order chi connectivity index (χ0) is 12.7. The molecule has 18 heavy (non-hydrogen) atoms. The number of aromatic nitrogens is 2. The third-order valence-electron chi connectivity index (χ3n) is 3.27. The molecule has 0 saturated heterocycles. The highest BCUT2D eigenvalue weighted by Crippen LogP contribution is 2.33. The quantitative estimate of drug-likeness (QED) is 0.847. The van der Waals surface area contributed by atoms with E-state index in [2.05, 4.69) is 15.6 Å². The summed E-state index contributed by atoms with van der Waals surface area (Å²) in [7, 11) is 0. The molecule has 0 radical (unpaired) electrons. The Labute approximate surface area is 112 Å². The Bertz CT molecular complexity index is 622. The minimum Gasteiger partial charge on any atom is -0.489 e. The molecule has 1 fully saturated rings. The molecule has 4 heteroatoms. The molecule has 96 valence electrons. The molecular formula is C14H18N2OS. The fourth-order valence-electron chi connectivity index (χ4n) is 2.25. The standard InChI is InChI=1S/C14H18N2OS/c1-9(2)17-12-5-3-4-11-13(12)15-14(18)16(11)8-10-6-7-10/h3-5,9-10H,6-8H2,1-2H3,(H,15,18). The van der Waals surface area contributed by atoms with Crippen LogP contribution in [0.3, 0.4) is 0 Å². The fraction of sp³-hybridized carbons (Fsp3) is 0.500. The molecule has 0 aliphatic heterocycles. The maximum atomic E-state index is 5.83. The molecule has 1 aromatic carbocycles. The van der Waals surface area contributed by atoms with E-state index in [1.165, 1.54) is 12.8 Å². The number of nitrogens with one attached hydrogen (secondary N) is 1. The van der Waals surface area contributed by atoms with Gasteiger partial charge >= 0.3 is 0 Å². The van der Waals surface area contributed by atoms with Crippen molar-refractivity contribution in [1.29, 1.82) is 0 Å². The van der Waals surface area contributed by atoms with Crippen LogP contribution in [0.4, 0.5) is 0 Å². The van der Waals surface area contributed by atoms with E-state index in [4.69, 9.17) is 17.0 Å². The lowest BCUT2D eigenvalue weighted by Crippen LogP contribution is -2.06. The number of para-hydroxylation sites is 1. The Hall–Kier alpha value is -1.29. The van der Waals surface area contributed by atoms with E-state index in [-0.39, 0.29) is 6.10 Å². The van der Waals surface area contributed by atoms with Gasteiger partial charge in [-0.3, -0.25) is 0 Å². The Balaban J connectivity index is 2.08. The molecule has 1 heterocycles. The third kappa shape index (κ3) is 2.17. The summed E-state index contributed by atoms with van der Waals surface area (Å²) in [6.45, 7) is 5.10. The van der Waals surface area contributed by atoms with E-state index in [1.807, 2.05) is 26.0 Å². The van der Waals surface area contributed by atoms with Crippen molar-refractivity contribution in [2.45, 2.75) is 39.3 Å². The van der Waals surface area contributed by atoms with Crippen molar-refractivity contribution in [2.24, 2.45) is 5.92 Å². The summed E-state index contributed by atoms with van der Waals surface area (Å²) < 4.78 is 8.83. The highest BCUT2D eigenvalue weighted by Gasteiger charge is 2.23. The van der Waals surface area contributed by atoms with E-state index >= 15 is 0 Å². The number of imidazole rings is 1. The van der Waals surface area contributed by atoms with Gasteiger partial charge in [-0.15, -0.1) is 0 Å². The molecule has 1 aromatic heterocycles. The van der Waals surface area contributed by atoms with Gasteiger partial charge in [0.05, 0.1) is 11.6 Å². The number of fused-ring (bicyclic) bond motifs is 1. The molecular weight excluding hydrogens is 244 g/mol. The molecule has 1 aliphatic carbocycles. The van der Waals surface area contributed by atoms with Gasteiger partial charge < -0.3 is 14.3 Å². The average Bonchev–Trinajstić information content (AvgIpc) is 3.06. The van der Waals surface area contributed by atoms with Gasteiger partial charge in [-0.1, -0.05) is 6.07 Å². The molecule has 0 atom stereocenters. The maximum absolute atomic E-state index is 5.83. The van der Waals surface area contributed by atoms with Crippen molar-refractivity contribution in [1.82, 2.24) is 9.55 Å². The Kier molecular flexibility index (Phi) is 2.90. The van der Waals surface area contributed by atoms with E-state index in [1.54, 1.807) is 0 Å². The second-order valence-electron chi connectivity index (χ2n) is 5.30. The lowest BCUT2D eigenvalue weighted by molar-refractivity contribution is 0.245. The summed E-state index contributed by atoms with van der Waals surface area (Å²) >= 11 is 5.42. The normalized spacial score (nSPS) is 15.5. The summed E-state index contributed by atoms with van der Waals surface area (Å²) in [6.07, 6.45) is 2.83. The molecule has 1 aliphatic rings. The van der Waals surface area contributed by atoms with Crippen LogP contribution in [0.25, 0.3) is 11.0 Å². The van der Waals surface area contributed by atoms with Gasteiger partial charge in [0.2, 0.25) is 0 Å². The van der Waals surface area contributed by atoms with Gasteiger partial charge in [-0.25, -0.2) is 0 Å². The van der Waals surface area contributed by atoms with Crippen molar-refractivity contribution in [3.8, 4) is 5.75 Å². The molecule has 1 N–H and O–H groups in total. The molecule has 3 rings (SSSR count). The van der Waals surface area contributed by atoms with Gasteiger partial charge in [0.25, 0.3) is 0 Å². The Morgan fingerprint density at radius 3 is 2.89 bits per heavy atom. The summed E-state index contributed by atoms with van der Waals surface area (Å²) in [6, 6.07) is 6.14. The second kappa shape index (κ2) is 4.43. The topological polar surface area (TPSA) is 29.9 Å². The minimum absolute atomic E-state index is 0.171. The van der Waals surface area contributed by atoms with Crippen LogP contribution < -0.4 is 4.74 Å². The molecule has 0 amide bonds. The Morgan fingerprint density at radius 1 is 1.44 bits per heavy atom. The van der Waals surface area contributed by atoms with Crippen LogP contribution in [0.2, 0.25) is 0 Å². The largest absolute Gasteiger partial charge is 0.489 e. The Morgan fingerprint density at radius 2 is 2.22 bits per heavy atom. The number of rotatable bonds is 4. The molecule has 0 spiro atoms. The average molecular weight is 262 g/mol. The second-order valence-corrected chi connectivity index (χ2v) is 5.69. The van der Waals surface area contributed by atoms with Gasteiger partial charge in [-0.05, 0) is 57.0 Å². The predicted molar refractivity (Wildman–Crippen MR) is 75.6 cm³/mol. The van der Waals surface area contributed by atoms with Crippen LogP contribution in [0.15, 0.2) is 18.2 Å². The lowest BCUT2D eigenvalue weighted by Gasteiger charge is -2.10. The molecule has 0 unspecified atom stereocenters. The zero-order valence-electron chi connectivity index (χ0n) is 10.8. The monoisotopic (exact) mass is 262 g/mol. The number of benzene rings is 1. The number of ether oxygens (including phenoxy) is 1. The van der Waals surface area contributed by atoms with Crippen molar-refractivity contribution in [3.63, 3.8) is 0 Å². The van der Waals surface area contributed by atoms with Crippen LogP contribution in [0.5, 0.6) is 5.75 Å². The van der Waals surface area contributed by atoms with Crippen LogP contribution in [0.1, 0.15) is 26.7 Å². The fourth-order valence-corrected chi connectivity index (χ4v) is 2.52. The van der Waals surface area contributed by atoms with E-state index in [9.17, 15) is 0 Å². The minimum atomic E-state index is 0.171. The van der Waals surface area contributed by atoms with Gasteiger partial charge in [0.1, 0.15) is 11.3 Å². The first-order valence-corrected chi connectivity index (χ1v) is 6.94. The number of nitrogens with zero attached hydrogens (tertiary/aromatic N) is 1. The number of aromatic amines is 1. The first-order valence-electron chi connectivity index (χ1n) is 6.53. The third-order valence-corrected chi connectivity index (χ3v) is 3.59. The SMILES string of the molecule is CC(C)Oc1cccc2c1[nH]c(=S)n2CC1CC1.